The molecule has 16 aliphatic carbocycles. The Bertz CT molecular complexity index is 1690. The molecule has 15 saturated carbocycles. The van der Waals surface area contributed by atoms with Crippen LogP contribution in [0.5, 0.6) is 0 Å². The summed E-state index contributed by atoms with van der Waals surface area (Å²) >= 11 is 0. The SMILES string of the molecule is C[Si](C)(C)CC1C=C2C3CCC4C5CCC6C7CCC8C9CCC%10C%11C9C9C8C7C7C6C5C5C4C3C3C4C5C7C9C4C%11C(C1%10)C23C[Si](C)(C)C. The Balaban J connectivity index is 1.05. The van der Waals surface area contributed by atoms with Crippen LogP contribution in [0.15, 0.2) is 11.6 Å². The van der Waals surface area contributed by atoms with Gasteiger partial charge in [0.05, 0.1) is 0 Å². The van der Waals surface area contributed by atoms with Crippen LogP contribution >= 0.6 is 0 Å². The average molecular weight is 701 g/mol. The van der Waals surface area contributed by atoms with Crippen molar-refractivity contribution in [3.63, 3.8) is 0 Å². The highest BCUT2D eigenvalue weighted by Gasteiger charge is 2.90. The van der Waals surface area contributed by atoms with E-state index in [1.807, 2.05) is 0 Å². The van der Waals surface area contributed by atoms with Crippen LogP contribution < -0.4 is 0 Å². The zero-order valence-corrected chi connectivity index (χ0v) is 34.4. The minimum Gasteiger partial charge on any atom is -0.0813 e. The first-order valence-corrected chi connectivity index (χ1v) is 31.2. The van der Waals surface area contributed by atoms with Gasteiger partial charge in [-0.2, -0.15) is 0 Å². The largest absolute Gasteiger partial charge is 0.0813 e. The zero-order chi connectivity index (χ0) is 32.6. The number of rotatable bonds is 4. The van der Waals surface area contributed by atoms with E-state index in [-0.39, 0.29) is 0 Å². The lowest BCUT2D eigenvalue weighted by atomic mass is 9.39. The molecule has 30 unspecified atom stereocenters. The van der Waals surface area contributed by atoms with Gasteiger partial charge in [0, 0.05) is 16.1 Å². The summed E-state index contributed by atoms with van der Waals surface area (Å²) in [5.41, 5.74) is 2.95. The molecule has 0 saturated heterocycles. The highest BCUT2D eigenvalue weighted by molar-refractivity contribution is 6.76. The summed E-state index contributed by atoms with van der Waals surface area (Å²) in [6.07, 6.45) is 16.9. The van der Waals surface area contributed by atoms with Crippen molar-refractivity contribution >= 4 is 16.1 Å². The molecule has 0 aliphatic heterocycles. The van der Waals surface area contributed by atoms with E-state index in [4.69, 9.17) is 0 Å². The second-order valence-corrected chi connectivity index (χ2v) is 37.8. The van der Waals surface area contributed by atoms with Gasteiger partial charge in [0.1, 0.15) is 0 Å². The van der Waals surface area contributed by atoms with Gasteiger partial charge in [-0.05, 0) is 234 Å². The van der Waals surface area contributed by atoms with Crippen LogP contribution in [-0.2, 0) is 0 Å². The molecular formula is C48H68Si2. The Hall–Kier alpha value is 0.174. The Kier molecular flexibility index (Phi) is 4.59. The lowest BCUT2D eigenvalue weighted by molar-refractivity contribution is -0.169. The van der Waals surface area contributed by atoms with Gasteiger partial charge < -0.3 is 0 Å². The maximum absolute atomic E-state index is 3.32. The van der Waals surface area contributed by atoms with E-state index in [9.17, 15) is 0 Å². The molecule has 268 valence electrons. The van der Waals surface area contributed by atoms with Gasteiger partial charge in [-0.15, -0.1) is 0 Å². The zero-order valence-electron chi connectivity index (χ0n) is 32.4. The molecule has 50 heavy (non-hydrogen) atoms. The number of allylic oxidation sites excluding steroid dienone is 2. The summed E-state index contributed by atoms with van der Waals surface area (Å²) in [6, 6.07) is 3.36. The fourth-order valence-corrected chi connectivity index (χ4v) is 30.9. The van der Waals surface area contributed by atoms with Crippen molar-refractivity contribution in [3.8, 4) is 0 Å². The molecule has 0 aromatic rings. The molecule has 16 aliphatic rings. The molecule has 0 radical (unpaired) electrons. The molecule has 2 heteroatoms. The van der Waals surface area contributed by atoms with E-state index in [0.29, 0.717) is 5.41 Å². The van der Waals surface area contributed by atoms with Crippen LogP contribution in [0, 0.1) is 177 Å². The Morgan fingerprint density at radius 1 is 0.420 bits per heavy atom. The summed E-state index contributed by atoms with van der Waals surface area (Å²) in [4.78, 5) is 0. The quantitative estimate of drug-likeness (QED) is 0.202. The third-order valence-corrected chi connectivity index (χ3v) is 28.0. The predicted molar refractivity (Wildman–Crippen MR) is 205 cm³/mol. The highest BCUT2D eigenvalue weighted by Crippen LogP contribution is 2.94. The first kappa shape index (κ1) is 28.6. The molecule has 15 fully saturated rings. The summed E-state index contributed by atoms with van der Waals surface area (Å²) in [6.45, 7) is 17.0. The second-order valence-electron chi connectivity index (χ2n) is 26.8. The maximum Gasteiger partial charge on any atom is 0.0451 e. The van der Waals surface area contributed by atoms with E-state index in [0.717, 1.165) is 41.4 Å². The van der Waals surface area contributed by atoms with Gasteiger partial charge in [-0.1, -0.05) is 57.0 Å². The molecule has 0 aromatic carbocycles. The molecule has 0 aromatic heterocycles. The van der Waals surface area contributed by atoms with E-state index >= 15 is 0 Å². The number of hydrogen-bond acceptors (Lipinski definition) is 0. The second kappa shape index (κ2) is 8.04. The molecule has 0 N–H and O–H groups in total. The van der Waals surface area contributed by atoms with Gasteiger partial charge >= 0.3 is 0 Å². The summed E-state index contributed by atoms with van der Waals surface area (Å²) in [5, 5.41) is 0. The van der Waals surface area contributed by atoms with Crippen LogP contribution in [0.3, 0.4) is 0 Å². The van der Waals surface area contributed by atoms with Crippen molar-refractivity contribution in [1.82, 2.24) is 0 Å². The molecule has 0 nitrogen and oxygen atoms in total. The van der Waals surface area contributed by atoms with Gasteiger partial charge in [-0.25, -0.2) is 0 Å². The van der Waals surface area contributed by atoms with Crippen molar-refractivity contribution in [2.24, 2.45) is 177 Å². The number of hydrogen-bond donors (Lipinski definition) is 0. The van der Waals surface area contributed by atoms with Gasteiger partial charge in [0.2, 0.25) is 0 Å². The standard InChI is InChI=1S/C48H68Si2/c1-49(2,3)16-18-15-27-25-13-11-24-22-10-9-20-19-7-8-21-23-12-14-26-28(18)46-44-35(26)33(23)38-30(21)29(19)37-31(20)32(22)39-34(24)36(25)47(48(27,46)17-50(4,5)6)45-42(39)40(37)41(38)43(44)45/h15,18-26,28-47H,7-14,16-17H2,1-6H3. The fraction of sp³-hybridized carbons (Fsp3) is 0.958. The van der Waals surface area contributed by atoms with E-state index in [1.165, 1.54) is 130 Å². The molecule has 30 atom stereocenters. The first-order chi connectivity index (χ1) is 24.1. The lowest BCUT2D eigenvalue weighted by Crippen LogP contribution is -2.63. The predicted octanol–water partition coefficient (Wildman–Crippen LogP) is 10.8. The Labute approximate surface area is 306 Å². The van der Waals surface area contributed by atoms with Crippen molar-refractivity contribution < 1.29 is 0 Å². The van der Waals surface area contributed by atoms with Crippen molar-refractivity contribution in [2.45, 2.75) is 103 Å². The van der Waals surface area contributed by atoms with E-state index < -0.39 is 16.1 Å². The molecule has 0 bridgehead atoms. The van der Waals surface area contributed by atoms with Crippen LogP contribution in [0.1, 0.15) is 51.4 Å². The molecule has 0 amide bonds. The lowest BCUT2D eigenvalue weighted by Gasteiger charge is -2.66. The Morgan fingerprint density at radius 3 is 1.32 bits per heavy atom. The van der Waals surface area contributed by atoms with E-state index in [2.05, 4.69) is 50.9 Å². The van der Waals surface area contributed by atoms with Crippen molar-refractivity contribution in [2.75, 3.05) is 0 Å². The number of fused-ring (bicyclic) bond motifs is 5. The van der Waals surface area contributed by atoms with Crippen LogP contribution in [-0.4, -0.2) is 16.1 Å². The van der Waals surface area contributed by atoms with Crippen molar-refractivity contribution in [3.05, 3.63) is 11.6 Å². The summed E-state index contributed by atoms with van der Waals surface area (Å²) < 4.78 is 0. The summed E-state index contributed by atoms with van der Waals surface area (Å²) in [7, 11) is -2.49. The minimum absolute atomic E-state index is 0.665. The van der Waals surface area contributed by atoms with Crippen LogP contribution in [0.25, 0.3) is 0 Å². The topological polar surface area (TPSA) is 0 Å². The summed E-state index contributed by atoms with van der Waals surface area (Å²) in [5.74, 6) is 34.3. The average Bonchev–Trinajstić information content (AvgIpc) is 3.87. The Morgan fingerprint density at radius 2 is 0.800 bits per heavy atom. The molecule has 0 spiro atoms. The third kappa shape index (κ3) is 2.55. The maximum atomic E-state index is 3.32. The van der Waals surface area contributed by atoms with Crippen LogP contribution in [0.2, 0.25) is 51.4 Å². The first-order valence-electron chi connectivity index (χ1n) is 23.8. The fourth-order valence-electron chi connectivity index (χ4n) is 26.7. The van der Waals surface area contributed by atoms with Crippen molar-refractivity contribution in [1.29, 1.82) is 0 Å². The van der Waals surface area contributed by atoms with E-state index in [1.54, 1.807) is 63.5 Å². The highest BCUT2D eigenvalue weighted by atomic mass is 28.3. The van der Waals surface area contributed by atoms with Crippen LogP contribution in [0.4, 0.5) is 0 Å². The monoisotopic (exact) mass is 700 g/mol. The van der Waals surface area contributed by atoms with Gasteiger partial charge in [-0.3, -0.25) is 0 Å². The molecule has 0 heterocycles. The minimum atomic E-state index is -1.30. The molecule has 16 rings (SSSR count). The van der Waals surface area contributed by atoms with Gasteiger partial charge in [0.25, 0.3) is 0 Å². The van der Waals surface area contributed by atoms with Gasteiger partial charge in [0.15, 0.2) is 0 Å². The normalized spacial score (nSPS) is 74.1. The smallest absolute Gasteiger partial charge is 0.0451 e. The third-order valence-electron chi connectivity index (χ3n) is 24.6. The molecular weight excluding hydrogens is 633 g/mol.